The Hall–Kier alpha value is -3.84. The van der Waals surface area contributed by atoms with Crippen LogP contribution in [0, 0.1) is 11.6 Å². The molecule has 3 heterocycles. The minimum atomic E-state index is -1.92. The van der Waals surface area contributed by atoms with Crippen LogP contribution in [0.4, 0.5) is 14.6 Å². The summed E-state index contributed by atoms with van der Waals surface area (Å²) in [7, 11) is 0. The van der Waals surface area contributed by atoms with Crippen molar-refractivity contribution in [3.05, 3.63) is 66.1 Å². The number of hydrogen-bond acceptors (Lipinski definition) is 8. The lowest BCUT2D eigenvalue weighted by Gasteiger charge is -2.20. The molecule has 1 amide bonds. The molecule has 0 saturated carbocycles. The standard InChI is InChI=1S/C21H19F2N7O3.H2S/c1-21(32,20(24)31)11-26-18-14(23)9-25-19(27-18)16-8-17(15-6-7-33-29-15)30(28-16)10-12-4-2-3-5-13(12)22;/h2-9,32H,10-11H2,1H3,(H2,24,31)(H,25,26,27);1H2/t21-;/m0./s1. The number of primary amides is 1. The topological polar surface area (TPSA) is 145 Å². The quantitative estimate of drug-likeness (QED) is 0.341. The molecule has 1 aromatic carbocycles. The van der Waals surface area contributed by atoms with Gasteiger partial charge in [0.1, 0.15) is 23.5 Å². The van der Waals surface area contributed by atoms with Gasteiger partial charge < -0.3 is 20.7 Å². The molecule has 0 unspecified atom stereocenters. The molecule has 0 saturated heterocycles. The van der Waals surface area contributed by atoms with Crippen molar-refractivity contribution in [1.82, 2.24) is 24.9 Å². The third-order valence-electron chi connectivity index (χ3n) is 4.86. The highest BCUT2D eigenvalue weighted by atomic mass is 32.1. The van der Waals surface area contributed by atoms with Crippen LogP contribution in [0.15, 0.2) is 53.4 Å². The highest BCUT2D eigenvalue weighted by Crippen LogP contribution is 2.26. The molecule has 0 fully saturated rings. The van der Waals surface area contributed by atoms with Crippen LogP contribution in [-0.4, -0.2) is 48.1 Å². The average molecular weight is 490 g/mol. The summed E-state index contributed by atoms with van der Waals surface area (Å²) in [6, 6.07) is 9.49. The number of aliphatic hydroxyl groups is 1. The molecular formula is C21H21F2N7O3S. The molecule has 1 atom stereocenters. The number of amides is 1. The monoisotopic (exact) mass is 489 g/mol. The van der Waals surface area contributed by atoms with E-state index >= 15 is 0 Å². The van der Waals surface area contributed by atoms with Crippen LogP contribution in [0.1, 0.15) is 12.5 Å². The van der Waals surface area contributed by atoms with Gasteiger partial charge in [-0.1, -0.05) is 23.4 Å². The number of nitrogens with zero attached hydrogens (tertiary/aromatic N) is 5. The SMILES string of the molecule is C[C@](O)(CNc1nc(-c2cc(-c3ccon3)n(Cc3ccccc3F)n2)ncc1F)C(N)=O.S. The number of hydrogen-bond donors (Lipinski definition) is 3. The molecule has 3 aromatic heterocycles. The lowest BCUT2D eigenvalue weighted by molar-refractivity contribution is -0.133. The fourth-order valence-electron chi connectivity index (χ4n) is 2.94. The van der Waals surface area contributed by atoms with Crippen LogP contribution in [0.25, 0.3) is 22.9 Å². The van der Waals surface area contributed by atoms with Crippen molar-refractivity contribution in [2.75, 3.05) is 11.9 Å². The number of carbonyl (C=O) groups excluding carboxylic acids is 1. The Morgan fingerprint density at radius 3 is 2.68 bits per heavy atom. The zero-order valence-corrected chi connectivity index (χ0v) is 18.9. The van der Waals surface area contributed by atoms with Gasteiger partial charge in [0.2, 0.25) is 0 Å². The van der Waals surface area contributed by atoms with E-state index in [2.05, 4.69) is 25.5 Å². The number of halogens is 2. The summed E-state index contributed by atoms with van der Waals surface area (Å²) in [5.41, 5.74) is 4.81. The van der Waals surface area contributed by atoms with Gasteiger partial charge in [0.15, 0.2) is 23.1 Å². The average Bonchev–Trinajstić information content (AvgIpc) is 3.45. The third kappa shape index (κ3) is 5.21. The van der Waals surface area contributed by atoms with E-state index in [1.54, 1.807) is 30.3 Å². The molecule has 10 nitrogen and oxygen atoms in total. The lowest BCUT2D eigenvalue weighted by Crippen LogP contribution is -2.46. The number of rotatable bonds is 8. The Morgan fingerprint density at radius 2 is 2.00 bits per heavy atom. The Labute approximate surface area is 199 Å². The highest BCUT2D eigenvalue weighted by molar-refractivity contribution is 7.59. The van der Waals surface area contributed by atoms with Crippen LogP contribution in [0.3, 0.4) is 0 Å². The zero-order chi connectivity index (χ0) is 23.6. The van der Waals surface area contributed by atoms with E-state index in [4.69, 9.17) is 10.3 Å². The summed E-state index contributed by atoms with van der Waals surface area (Å²) < 4.78 is 34.9. The van der Waals surface area contributed by atoms with E-state index in [9.17, 15) is 18.7 Å². The van der Waals surface area contributed by atoms with Crippen LogP contribution >= 0.6 is 13.5 Å². The number of benzene rings is 1. The first-order chi connectivity index (χ1) is 15.7. The lowest BCUT2D eigenvalue weighted by atomic mass is 10.1. The molecule has 4 aromatic rings. The van der Waals surface area contributed by atoms with Crippen LogP contribution in [0.5, 0.6) is 0 Å². The smallest absolute Gasteiger partial charge is 0.250 e. The van der Waals surface area contributed by atoms with Gasteiger partial charge in [0.05, 0.1) is 25.0 Å². The van der Waals surface area contributed by atoms with Crippen molar-refractivity contribution in [3.63, 3.8) is 0 Å². The first-order valence-corrected chi connectivity index (χ1v) is 9.75. The number of nitrogens with two attached hydrogens (primary N) is 1. The second-order valence-electron chi connectivity index (χ2n) is 7.43. The van der Waals surface area contributed by atoms with Gasteiger partial charge in [-0.25, -0.2) is 18.7 Å². The molecule has 0 aliphatic heterocycles. The van der Waals surface area contributed by atoms with Crippen molar-refractivity contribution >= 4 is 25.2 Å². The second kappa shape index (κ2) is 9.97. The summed E-state index contributed by atoms with van der Waals surface area (Å²) in [6.45, 7) is 0.904. The molecule has 34 heavy (non-hydrogen) atoms. The summed E-state index contributed by atoms with van der Waals surface area (Å²) in [4.78, 5) is 19.4. The Bertz CT molecular complexity index is 1300. The number of aromatic nitrogens is 5. The predicted octanol–water partition coefficient (Wildman–Crippen LogP) is 2.08. The highest BCUT2D eigenvalue weighted by Gasteiger charge is 2.28. The van der Waals surface area contributed by atoms with Gasteiger partial charge in [0, 0.05) is 11.6 Å². The van der Waals surface area contributed by atoms with Crippen molar-refractivity contribution in [2.24, 2.45) is 5.73 Å². The van der Waals surface area contributed by atoms with Gasteiger partial charge in [-0.05, 0) is 19.1 Å². The summed E-state index contributed by atoms with van der Waals surface area (Å²) in [6.07, 6.45) is 2.31. The third-order valence-corrected chi connectivity index (χ3v) is 4.86. The van der Waals surface area contributed by atoms with Gasteiger partial charge in [-0.2, -0.15) is 18.6 Å². The predicted molar refractivity (Wildman–Crippen MR) is 123 cm³/mol. The Balaban J connectivity index is 0.00000324. The second-order valence-corrected chi connectivity index (χ2v) is 7.43. The number of anilines is 1. The van der Waals surface area contributed by atoms with Gasteiger partial charge in [-0.15, -0.1) is 0 Å². The minimum absolute atomic E-state index is 0. The van der Waals surface area contributed by atoms with E-state index in [-0.39, 0.29) is 43.9 Å². The Morgan fingerprint density at radius 1 is 1.24 bits per heavy atom. The maximum absolute atomic E-state index is 14.2. The number of nitrogens with one attached hydrogen (secondary N) is 1. The van der Waals surface area contributed by atoms with Crippen molar-refractivity contribution in [3.8, 4) is 22.9 Å². The minimum Gasteiger partial charge on any atom is -0.378 e. The molecule has 178 valence electrons. The van der Waals surface area contributed by atoms with E-state index in [0.29, 0.717) is 17.0 Å². The first kappa shape index (κ1) is 24.8. The molecule has 0 radical (unpaired) electrons. The molecule has 4 N–H and O–H groups in total. The first-order valence-electron chi connectivity index (χ1n) is 9.75. The van der Waals surface area contributed by atoms with Crippen molar-refractivity contribution in [1.29, 1.82) is 0 Å². The molecule has 0 bridgehead atoms. The summed E-state index contributed by atoms with van der Waals surface area (Å²) in [5.74, 6) is -2.38. The maximum Gasteiger partial charge on any atom is 0.250 e. The van der Waals surface area contributed by atoms with Crippen LogP contribution < -0.4 is 11.1 Å². The van der Waals surface area contributed by atoms with Gasteiger partial charge >= 0.3 is 0 Å². The van der Waals surface area contributed by atoms with Crippen molar-refractivity contribution in [2.45, 2.75) is 19.1 Å². The van der Waals surface area contributed by atoms with Crippen molar-refractivity contribution < 1.29 is 23.2 Å². The van der Waals surface area contributed by atoms with E-state index in [0.717, 1.165) is 6.20 Å². The van der Waals surface area contributed by atoms with E-state index in [1.807, 2.05) is 0 Å². The Kier molecular flexibility index (Phi) is 7.27. The molecule has 0 spiro atoms. The molecule has 0 aliphatic rings. The molecule has 0 aliphatic carbocycles. The molecule has 13 heteroatoms. The largest absolute Gasteiger partial charge is 0.378 e. The van der Waals surface area contributed by atoms with Gasteiger partial charge in [-0.3, -0.25) is 9.48 Å². The zero-order valence-electron chi connectivity index (χ0n) is 17.9. The fourth-order valence-corrected chi connectivity index (χ4v) is 2.94. The van der Waals surface area contributed by atoms with Crippen LogP contribution in [-0.2, 0) is 11.3 Å². The molecule has 4 rings (SSSR count). The van der Waals surface area contributed by atoms with E-state index in [1.165, 1.54) is 23.9 Å². The maximum atomic E-state index is 14.2. The number of carbonyl (C=O) groups is 1. The van der Waals surface area contributed by atoms with E-state index < -0.39 is 23.1 Å². The summed E-state index contributed by atoms with van der Waals surface area (Å²) in [5, 5.41) is 20.9. The normalized spacial score (nSPS) is 12.6. The van der Waals surface area contributed by atoms with Gasteiger partial charge in [0.25, 0.3) is 5.91 Å². The fraction of sp³-hybridized carbons (Fsp3) is 0.190. The molecular weight excluding hydrogens is 468 g/mol. The summed E-state index contributed by atoms with van der Waals surface area (Å²) >= 11 is 0. The van der Waals surface area contributed by atoms with Crippen LogP contribution in [0.2, 0.25) is 0 Å².